The largest absolute Gasteiger partial charge is 0.337 e. The molecule has 2 aromatic rings. The van der Waals surface area contributed by atoms with Crippen LogP contribution in [0.3, 0.4) is 0 Å². The van der Waals surface area contributed by atoms with Gasteiger partial charge in [-0.05, 0) is 44.2 Å². The van der Waals surface area contributed by atoms with Crippen molar-refractivity contribution in [3.05, 3.63) is 35.0 Å². The second-order valence-corrected chi connectivity index (χ2v) is 6.04. The molecular formula is C16H22N6O. The zero-order valence-electron chi connectivity index (χ0n) is 13.8. The van der Waals surface area contributed by atoms with E-state index in [0.717, 1.165) is 18.8 Å². The van der Waals surface area contributed by atoms with Crippen molar-refractivity contribution in [2.24, 2.45) is 0 Å². The first-order valence-corrected chi connectivity index (χ1v) is 7.77. The van der Waals surface area contributed by atoms with Gasteiger partial charge in [0.1, 0.15) is 0 Å². The van der Waals surface area contributed by atoms with Crippen LogP contribution in [0.4, 0.5) is 11.5 Å². The molecule has 7 nitrogen and oxygen atoms in total. The third-order valence-electron chi connectivity index (χ3n) is 4.31. The van der Waals surface area contributed by atoms with Crippen LogP contribution in [0.2, 0.25) is 0 Å². The standard InChI is InChI=1S/C16H22N6O/c1-11-4-5-13(10-12(11)2)17-15-14(18-20-19-15)16(23)22-8-6-21(3)7-9-22/h4-5,10H,6-9H2,1-3H3,(H2,17,18,19,20). The lowest BCUT2D eigenvalue weighted by Crippen LogP contribution is -2.47. The van der Waals surface area contributed by atoms with Gasteiger partial charge in [-0.2, -0.15) is 5.21 Å². The van der Waals surface area contributed by atoms with E-state index in [1.54, 1.807) is 0 Å². The second kappa shape index (κ2) is 6.37. The van der Waals surface area contributed by atoms with Crippen LogP contribution in [0, 0.1) is 13.8 Å². The molecule has 1 fully saturated rings. The number of aromatic nitrogens is 3. The highest BCUT2D eigenvalue weighted by Crippen LogP contribution is 2.21. The van der Waals surface area contributed by atoms with Gasteiger partial charge in [0.15, 0.2) is 11.5 Å². The van der Waals surface area contributed by atoms with E-state index in [4.69, 9.17) is 0 Å². The Labute approximate surface area is 135 Å². The number of piperazine rings is 1. The maximum absolute atomic E-state index is 12.6. The number of hydrogen-bond acceptors (Lipinski definition) is 5. The number of amides is 1. The number of likely N-dealkylation sites (N-methyl/N-ethyl adjacent to an activating group) is 1. The molecule has 1 aromatic carbocycles. The number of carbonyl (C=O) groups excluding carboxylic acids is 1. The summed E-state index contributed by atoms with van der Waals surface area (Å²) < 4.78 is 0. The van der Waals surface area contributed by atoms with Gasteiger partial charge in [0.05, 0.1) is 0 Å². The first kappa shape index (κ1) is 15.5. The van der Waals surface area contributed by atoms with Gasteiger partial charge in [-0.15, -0.1) is 10.2 Å². The number of rotatable bonds is 3. The van der Waals surface area contributed by atoms with Crippen LogP contribution < -0.4 is 5.32 Å². The monoisotopic (exact) mass is 314 g/mol. The average molecular weight is 314 g/mol. The van der Waals surface area contributed by atoms with Crippen molar-refractivity contribution in [1.82, 2.24) is 25.2 Å². The van der Waals surface area contributed by atoms with Crippen molar-refractivity contribution in [1.29, 1.82) is 0 Å². The highest BCUT2D eigenvalue weighted by atomic mass is 16.2. The summed E-state index contributed by atoms with van der Waals surface area (Å²) in [6.07, 6.45) is 0. The fourth-order valence-corrected chi connectivity index (χ4v) is 2.58. The highest BCUT2D eigenvalue weighted by Gasteiger charge is 2.25. The summed E-state index contributed by atoms with van der Waals surface area (Å²) >= 11 is 0. The van der Waals surface area contributed by atoms with Crippen LogP contribution in [0.15, 0.2) is 18.2 Å². The van der Waals surface area contributed by atoms with Crippen molar-refractivity contribution >= 4 is 17.4 Å². The van der Waals surface area contributed by atoms with Gasteiger partial charge in [0.2, 0.25) is 0 Å². The van der Waals surface area contributed by atoms with Crippen molar-refractivity contribution in [3.8, 4) is 0 Å². The number of hydrogen-bond donors (Lipinski definition) is 2. The number of anilines is 2. The van der Waals surface area contributed by atoms with Gasteiger partial charge in [-0.25, -0.2) is 0 Å². The number of benzene rings is 1. The average Bonchev–Trinajstić information content (AvgIpc) is 2.99. The molecule has 23 heavy (non-hydrogen) atoms. The van der Waals surface area contributed by atoms with E-state index in [9.17, 15) is 4.79 Å². The molecule has 1 saturated heterocycles. The third-order valence-corrected chi connectivity index (χ3v) is 4.31. The molecule has 0 spiro atoms. The quantitative estimate of drug-likeness (QED) is 0.899. The van der Waals surface area contributed by atoms with Crippen LogP contribution in [0.25, 0.3) is 0 Å². The van der Waals surface area contributed by atoms with Gasteiger partial charge in [0, 0.05) is 31.9 Å². The van der Waals surface area contributed by atoms with E-state index in [1.807, 2.05) is 23.1 Å². The summed E-state index contributed by atoms with van der Waals surface area (Å²) in [4.78, 5) is 16.7. The molecule has 2 heterocycles. The van der Waals surface area contributed by atoms with E-state index in [2.05, 4.69) is 46.5 Å². The first-order chi connectivity index (χ1) is 11.0. The fraction of sp³-hybridized carbons (Fsp3) is 0.438. The Bertz CT molecular complexity index is 702. The first-order valence-electron chi connectivity index (χ1n) is 7.77. The molecule has 122 valence electrons. The lowest BCUT2D eigenvalue weighted by Gasteiger charge is -2.31. The lowest BCUT2D eigenvalue weighted by atomic mass is 10.1. The SMILES string of the molecule is Cc1ccc(Nc2n[nH]nc2C(=O)N2CCN(C)CC2)cc1C. The van der Waals surface area contributed by atoms with Gasteiger partial charge in [-0.1, -0.05) is 6.07 Å². The Morgan fingerprint density at radius 3 is 2.57 bits per heavy atom. The highest BCUT2D eigenvalue weighted by molar-refractivity contribution is 5.97. The molecule has 0 radical (unpaired) electrons. The molecule has 0 aliphatic carbocycles. The third kappa shape index (κ3) is 3.34. The van der Waals surface area contributed by atoms with E-state index in [-0.39, 0.29) is 5.91 Å². The van der Waals surface area contributed by atoms with Gasteiger partial charge in [-0.3, -0.25) is 4.79 Å². The molecule has 1 amide bonds. The van der Waals surface area contributed by atoms with Crippen LogP contribution in [-0.4, -0.2) is 64.3 Å². The number of aromatic amines is 1. The van der Waals surface area contributed by atoms with Crippen LogP contribution in [0.5, 0.6) is 0 Å². The molecule has 0 bridgehead atoms. The van der Waals surface area contributed by atoms with E-state index >= 15 is 0 Å². The topological polar surface area (TPSA) is 77.1 Å². The Kier molecular flexibility index (Phi) is 4.29. The molecule has 1 aliphatic rings. The van der Waals surface area contributed by atoms with Crippen molar-refractivity contribution in [3.63, 3.8) is 0 Å². The Hall–Kier alpha value is -2.41. The molecular weight excluding hydrogens is 292 g/mol. The zero-order chi connectivity index (χ0) is 16.4. The number of H-pyrrole nitrogens is 1. The smallest absolute Gasteiger partial charge is 0.278 e. The number of nitrogens with zero attached hydrogens (tertiary/aromatic N) is 4. The maximum Gasteiger partial charge on any atom is 0.278 e. The van der Waals surface area contributed by atoms with E-state index < -0.39 is 0 Å². The predicted molar refractivity (Wildman–Crippen MR) is 89.0 cm³/mol. The zero-order valence-corrected chi connectivity index (χ0v) is 13.8. The normalized spacial score (nSPS) is 15.7. The van der Waals surface area contributed by atoms with Gasteiger partial charge >= 0.3 is 0 Å². The van der Waals surface area contributed by atoms with Crippen molar-refractivity contribution < 1.29 is 4.79 Å². The van der Waals surface area contributed by atoms with Crippen LogP contribution >= 0.6 is 0 Å². The Morgan fingerprint density at radius 2 is 1.87 bits per heavy atom. The second-order valence-electron chi connectivity index (χ2n) is 6.04. The molecule has 3 rings (SSSR count). The summed E-state index contributed by atoms with van der Waals surface area (Å²) in [5, 5.41) is 13.9. The number of aryl methyl sites for hydroxylation is 2. The summed E-state index contributed by atoms with van der Waals surface area (Å²) in [5.41, 5.74) is 3.65. The Balaban J connectivity index is 1.76. The summed E-state index contributed by atoms with van der Waals surface area (Å²) in [6, 6.07) is 6.05. The molecule has 1 aliphatic heterocycles. The van der Waals surface area contributed by atoms with Crippen molar-refractivity contribution in [2.75, 3.05) is 38.5 Å². The minimum atomic E-state index is -0.0850. The summed E-state index contributed by atoms with van der Waals surface area (Å²) in [7, 11) is 2.06. The van der Waals surface area contributed by atoms with Gasteiger partial charge in [0.25, 0.3) is 5.91 Å². The summed E-state index contributed by atoms with van der Waals surface area (Å²) in [5.74, 6) is 0.385. The maximum atomic E-state index is 12.6. The molecule has 0 saturated carbocycles. The molecule has 7 heteroatoms. The molecule has 2 N–H and O–H groups in total. The number of carbonyl (C=O) groups is 1. The van der Waals surface area contributed by atoms with E-state index in [0.29, 0.717) is 24.6 Å². The van der Waals surface area contributed by atoms with Crippen LogP contribution in [-0.2, 0) is 0 Å². The van der Waals surface area contributed by atoms with Crippen LogP contribution in [0.1, 0.15) is 21.6 Å². The fourth-order valence-electron chi connectivity index (χ4n) is 2.58. The Morgan fingerprint density at radius 1 is 1.13 bits per heavy atom. The minimum absolute atomic E-state index is 0.0850. The van der Waals surface area contributed by atoms with Crippen molar-refractivity contribution in [2.45, 2.75) is 13.8 Å². The summed E-state index contributed by atoms with van der Waals surface area (Å²) in [6.45, 7) is 7.31. The minimum Gasteiger partial charge on any atom is -0.337 e. The predicted octanol–water partition coefficient (Wildman–Crippen LogP) is 1.55. The molecule has 1 aromatic heterocycles. The number of nitrogens with one attached hydrogen (secondary N) is 2. The molecule has 0 unspecified atom stereocenters. The van der Waals surface area contributed by atoms with Gasteiger partial charge < -0.3 is 15.1 Å². The molecule has 0 atom stereocenters. The lowest BCUT2D eigenvalue weighted by molar-refractivity contribution is 0.0659. The van der Waals surface area contributed by atoms with E-state index in [1.165, 1.54) is 11.1 Å².